The number of hydrogen-bond donors (Lipinski definition) is 1. The lowest BCUT2D eigenvalue weighted by Gasteiger charge is -1.99. The van der Waals surface area contributed by atoms with Crippen molar-refractivity contribution in [2.45, 2.75) is 4.90 Å². The van der Waals surface area contributed by atoms with E-state index < -0.39 is 11.0 Å². The summed E-state index contributed by atoms with van der Waals surface area (Å²) in [6.07, 6.45) is 0. The van der Waals surface area contributed by atoms with Gasteiger partial charge < -0.3 is 4.74 Å². The zero-order valence-electron chi connectivity index (χ0n) is 6.11. The highest BCUT2D eigenvalue weighted by Gasteiger charge is 1.97. The number of hydrogen-bond acceptors (Lipinski definition) is 2. The van der Waals surface area contributed by atoms with Gasteiger partial charge in [0.1, 0.15) is 16.7 Å². The van der Waals surface area contributed by atoms with Crippen LogP contribution in [-0.4, -0.2) is 11.3 Å². The van der Waals surface area contributed by atoms with Gasteiger partial charge in [0.05, 0.1) is 12.0 Å². The SMILES string of the molecule is COc1cccc(S(N)=O)c1. The van der Waals surface area contributed by atoms with Crippen LogP contribution in [0.2, 0.25) is 0 Å². The lowest BCUT2D eigenvalue weighted by atomic mass is 10.3. The minimum Gasteiger partial charge on any atom is -0.497 e. The van der Waals surface area contributed by atoms with E-state index in [9.17, 15) is 4.21 Å². The smallest absolute Gasteiger partial charge is 0.122 e. The molecule has 4 heteroatoms. The fourth-order valence-corrected chi connectivity index (χ4v) is 1.17. The van der Waals surface area contributed by atoms with Gasteiger partial charge in [-0.1, -0.05) is 6.07 Å². The molecule has 1 atom stereocenters. The number of rotatable bonds is 2. The maximum Gasteiger partial charge on any atom is 0.122 e. The molecule has 0 aromatic heterocycles. The zero-order valence-corrected chi connectivity index (χ0v) is 6.93. The first kappa shape index (κ1) is 8.23. The second-order valence-corrected chi connectivity index (χ2v) is 3.04. The molecule has 0 heterocycles. The summed E-state index contributed by atoms with van der Waals surface area (Å²) >= 11 is 0. The Kier molecular flexibility index (Phi) is 2.62. The summed E-state index contributed by atoms with van der Waals surface area (Å²) in [7, 11) is 0.133. The van der Waals surface area contributed by atoms with E-state index in [1.54, 1.807) is 31.4 Å². The van der Waals surface area contributed by atoms with E-state index >= 15 is 0 Å². The molecule has 1 unspecified atom stereocenters. The van der Waals surface area contributed by atoms with E-state index in [1.165, 1.54) is 0 Å². The lowest BCUT2D eigenvalue weighted by Crippen LogP contribution is -2.02. The van der Waals surface area contributed by atoms with Crippen molar-refractivity contribution in [2.75, 3.05) is 7.11 Å². The van der Waals surface area contributed by atoms with Gasteiger partial charge in [0.25, 0.3) is 0 Å². The van der Waals surface area contributed by atoms with Gasteiger partial charge in [0.15, 0.2) is 0 Å². The van der Waals surface area contributed by atoms with Crippen molar-refractivity contribution in [1.29, 1.82) is 0 Å². The molecule has 1 aromatic rings. The second kappa shape index (κ2) is 3.50. The molecular weight excluding hydrogens is 162 g/mol. The molecule has 0 saturated heterocycles. The number of nitrogens with two attached hydrogens (primary N) is 1. The van der Waals surface area contributed by atoms with E-state index in [0.717, 1.165) is 0 Å². The Morgan fingerprint density at radius 3 is 2.82 bits per heavy atom. The Morgan fingerprint density at radius 1 is 1.55 bits per heavy atom. The predicted octanol–water partition coefficient (Wildman–Crippen LogP) is 0.677. The van der Waals surface area contributed by atoms with Crippen LogP contribution < -0.4 is 9.88 Å². The molecule has 1 rings (SSSR count). The molecule has 0 amide bonds. The average molecular weight is 171 g/mol. The molecule has 0 radical (unpaired) electrons. The fraction of sp³-hybridized carbons (Fsp3) is 0.143. The van der Waals surface area contributed by atoms with Crippen LogP contribution in [0.5, 0.6) is 5.75 Å². The van der Waals surface area contributed by atoms with Gasteiger partial charge in [-0.2, -0.15) is 0 Å². The van der Waals surface area contributed by atoms with Crippen LogP contribution in [0.1, 0.15) is 0 Å². The largest absolute Gasteiger partial charge is 0.497 e. The first-order valence-corrected chi connectivity index (χ1v) is 4.25. The molecule has 0 fully saturated rings. The predicted molar refractivity (Wildman–Crippen MR) is 43.6 cm³/mol. The van der Waals surface area contributed by atoms with Crippen LogP contribution in [-0.2, 0) is 11.0 Å². The maximum absolute atomic E-state index is 10.7. The molecular formula is C7H9NO2S. The molecule has 11 heavy (non-hydrogen) atoms. The van der Waals surface area contributed by atoms with Gasteiger partial charge in [0, 0.05) is 0 Å². The minimum atomic E-state index is -1.42. The van der Waals surface area contributed by atoms with Crippen LogP contribution in [0.25, 0.3) is 0 Å². The Morgan fingerprint density at radius 2 is 2.27 bits per heavy atom. The monoisotopic (exact) mass is 171 g/mol. The van der Waals surface area contributed by atoms with Gasteiger partial charge in [-0.3, -0.25) is 0 Å². The van der Waals surface area contributed by atoms with Crippen molar-refractivity contribution < 1.29 is 8.95 Å². The summed E-state index contributed by atoms with van der Waals surface area (Å²) in [4.78, 5) is 0.573. The van der Waals surface area contributed by atoms with Crippen molar-refractivity contribution in [2.24, 2.45) is 5.14 Å². The Labute approximate surface area is 67.8 Å². The molecule has 2 N–H and O–H groups in total. The molecule has 0 aliphatic heterocycles. The summed E-state index contributed by atoms with van der Waals surface area (Å²) in [6.45, 7) is 0. The number of ether oxygens (including phenoxy) is 1. The van der Waals surface area contributed by atoms with Crippen molar-refractivity contribution in [3.05, 3.63) is 24.3 Å². The van der Waals surface area contributed by atoms with Crippen LogP contribution in [0.15, 0.2) is 29.2 Å². The van der Waals surface area contributed by atoms with Gasteiger partial charge in [0.2, 0.25) is 0 Å². The Hall–Kier alpha value is -0.870. The molecule has 0 bridgehead atoms. The van der Waals surface area contributed by atoms with Crippen LogP contribution in [0.3, 0.4) is 0 Å². The molecule has 0 spiro atoms. The molecule has 0 saturated carbocycles. The van der Waals surface area contributed by atoms with Crippen molar-refractivity contribution in [1.82, 2.24) is 0 Å². The standard InChI is InChI=1S/C7H9NO2S/c1-10-6-3-2-4-7(5-6)11(8)9/h2-5H,8H2,1H3. The minimum absolute atomic E-state index is 0.573. The van der Waals surface area contributed by atoms with Crippen molar-refractivity contribution in [3.8, 4) is 5.75 Å². The highest BCUT2D eigenvalue weighted by molar-refractivity contribution is 7.82. The topological polar surface area (TPSA) is 52.3 Å². The molecule has 3 nitrogen and oxygen atoms in total. The van der Waals surface area contributed by atoms with E-state index in [0.29, 0.717) is 10.6 Å². The number of benzene rings is 1. The van der Waals surface area contributed by atoms with E-state index in [-0.39, 0.29) is 0 Å². The summed E-state index contributed by atoms with van der Waals surface area (Å²) in [5.41, 5.74) is 0. The fourth-order valence-electron chi connectivity index (χ4n) is 0.726. The van der Waals surface area contributed by atoms with Crippen LogP contribution in [0, 0.1) is 0 Å². The second-order valence-electron chi connectivity index (χ2n) is 1.98. The maximum atomic E-state index is 10.7. The zero-order chi connectivity index (χ0) is 8.27. The van der Waals surface area contributed by atoms with E-state index in [2.05, 4.69) is 0 Å². The third-order valence-electron chi connectivity index (χ3n) is 1.27. The molecule has 60 valence electrons. The van der Waals surface area contributed by atoms with Crippen LogP contribution >= 0.6 is 0 Å². The summed E-state index contributed by atoms with van der Waals surface area (Å²) < 4.78 is 15.7. The third-order valence-corrected chi connectivity index (χ3v) is 1.99. The van der Waals surface area contributed by atoms with Crippen molar-refractivity contribution in [3.63, 3.8) is 0 Å². The van der Waals surface area contributed by atoms with Gasteiger partial charge in [-0.05, 0) is 18.2 Å². The average Bonchev–Trinajstić information content (AvgIpc) is 2.05. The van der Waals surface area contributed by atoms with E-state index in [4.69, 9.17) is 9.88 Å². The van der Waals surface area contributed by atoms with Crippen LogP contribution in [0.4, 0.5) is 0 Å². The highest BCUT2D eigenvalue weighted by atomic mass is 32.2. The van der Waals surface area contributed by atoms with Gasteiger partial charge in [-0.15, -0.1) is 0 Å². The molecule has 0 aliphatic rings. The summed E-state index contributed by atoms with van der Waals surface area (Å²) in [6, 6.07) is 6.87. The summed E-state index contributed by atoms with van der Waals surface area (Å²) in [5.74, 6) is 0.668. The quantitative estimate of drug-likeness (QED) is 0.711. The third kappa shape index (κ3) is 2.03. The number of methoxy groups -OCH3 is 1. The Bertz CT molecular complexity index is 275. The highest BCUT2D eigenvalue weighted by Crippen LogP contribution is 2.13. The van der Waals surface area contributed by atoms with Gasteiger partial charge >= 0.3 is 0 Å². The summed E-state index contributed by atoms with van der Waals surface area (Å²) in [5, 5.41) is 5.15. The Balaban J connectivity index is 3.01. The van der Waals surface area contributed by atoms with E-state index in [1.807, 2.05) is 0 Å². The normalized spacial score (nSPS) is 12.5. The first-order chi connectivity index (χ1) is 5.24. The lowest BCUT2D eigenvalue weighted by molar-refractivity contribution is 0.413. The van der Waals surface area contributed by atoms with Crippen molar-refractivity contribution >= 4 is 11.0 Å². The first-order valence-electron chi connectivity index (χ1n) is 3.04. The van der Waals surface area contributed by atoms with Gasteiger partial charge in [-0.25, -0.2) is 9.35 Å². The molecule has 0 aliphatic carbocycles. The molecule has 1 aromatic carbocycles.